The number of rotatable bonds is 4. The summed E-state index contributed by atoms with van der Waals surface area (Å²) in [6.07, 6.45) is 0.845. The van der Waals surface area contributed by atoms with Crippen molar-refractivity contribution in [3.63, 3.8) is 0 Å². The number of nitrogens with zero attached hydrogens (tertiary/aromatic N) is 2. The zero-order valence-electron chi connectivity index (χ0n) is 26.3. The van der Waals surface area contributed by atoms with Gasteiger partial charge in [0.15, 0.2) is 5.84 Å². The molecule has 1 fully saturated rings. The van der Waals surface area contributed by atoms with Crippen LogP contribution in [-0.2, 0) is 9.53 Å². The van der Waals surface area contributed by atoms with Gasteiger partial charge in [0.05, 0.1) is 12.6 Å². The predicted octanol–water partition coefficient (Wildman–Crippen LogP) is 8.14. The number of nitrogens with two attached hydrogens (primary N) is 2. The summed E-state index contributed by atoms with van der Waals surface area (Å²) in [4.78, 5) is 14.3. The number of ether oxygens (including phenoxy) is 1. The fourth-order valence-electron chi connectivity index (χ4n) is 3.71. The molecule has 1 aliphatic rings. The van der Waals surface area contributed by atoms with Gasteiger partial charge in [-0.25, -0.2) is 5.84 Å². The second kappa shape index (κ2) is 22.5. The van der Waals surface area contributed by atoms with Crippen LogP contribution in [0.3, 0.4) is 0 Å². The van der Waals surface area contributed by atoms with E-state index in [0.717, 1.165) is 11.1 Å². The number of halogens is 2. The molecule has 0 bridgehead atoms. The molecule has 2 atom stereocenters. The van der Waals surface area contributed by atoms with Gasteiger partial charge in [0.2, 0.25) is 5.91 Å². The lowest BCUT2D eigenvalue weighted by atomic mass is 9.92. The summed E-state index contributed by atoms with van der Waals surface area (Å²) in [7, 11) is 0. The van der Waals surface area contributed by atoms with Gasteiger partial charge in [-0.15, -0.1) is 0 Å². The van der Waals surface area contributed by atoms with Crippen molar-refractivity contribution < 1.29 is 9.53 Å². The van der Waals surface area contributed by atoms with Crippen LogP contribution < -0.4 is 17.1 Å². The number of hydrogen-bond acceptors (Lipinski definition) is 5. The Kier molecular flexibility index (Phi) is 20.8. The Balaban J connectivity index is 0.000000931. The number of benzene rings is 3. The van der Waals surface area contributed by atoms with Crippen molar-refractivity contribution in [1.82, 2.24) is 10.3 Å². The topological polar surface area (TPSA) is 106 Å². The molecular formula is C33H49Cl2N5O2. The van der Waals surface area contributed by atoms with E-state index < -0.39 is 12.1 Å². The third kappa shape index (κ3) is 13.3. The molecule has 0 aliphatic carbocycles. The average Bonchev–Trinajstić information content (AvgIpc) is 3.02. The van der Waals surface area contributed by atoms with Crippen molar-refractivity contribution >= 4 is 34.9 Å². The summed E-state index contributed by atoms with van der Waals surface area (Å²) < 4.78 is 5.90. The highest BCUT2D eigenvalue weighted by Gasteiger charge is 2.39. The van der Waals surface area contributed by atoms with E-state index >= 15 is 0 Å². The maximum atomic E-state index is 12.6. The molecular weight excluding hydrogens is 569 g/mol. The first kappa shape index (κ1) is 38.9. The van der Waals surface area contributed by atoms with Gasteiger partial charge >= 0.3 is 0 Å². The number of hydrogen-bond donors (Lipinski definition) is 3. The third-order valence-electron chi connectivity index (χ3n) is 5.60. The monoisotopic (exact) mass is 617 g/mol. The van der Waals surface area contributed by atoms with Crippen molar-refractivity contribution in [2.45, 2.75) is 74.0 Å². The number of hydrazine groups is 1. The molecule has 5 N–H and O–H groups in total. The number of hydrazone groups is 1. The molecule has 2 unspecified atom stereocenters. The number of aryl methyl sites for hydroxylation is 2. The highest BCUT2D eigenvalue weighted by molar-refractivity contribution is 6.30. The standard InChI is InChI=1S/C18H19Cl2N5O2.C8H10.C3H8.2C2H6/c19-13-5-1-11(2-6-13)17-18(12-3-7-14(20)8-4-12)27-10-16(26)25(17)9-15(23-21)24-22;1-7-3-5-8(2)6-4-7;1-3-2;2*1-2/h1-8,17-18H,9-10,21-22H2,(H,23,24);3-6H,1-2H3;3H2,1-2H3;2*1-2H3. The number of amidine groups is 1. The fraction of sp³-hybridized carbons (Fsp3) is 0.394. The SMILES string of the molecule is CC.CC.CCC.Cc1ccc(C)cc1.N/N=C(/CN1C(=O)COC(c2ccc(Cl)cc2)C1c1ccc(Cl)cc1)NN. The van der Waals surface area contributed by atoms with Crippen LogP contribution in [0, 0.1) is 13.8 Å². The van der Waals surface area contributed by atoms with Crippen molar-refractivity contribution in [3.8, 4) is 0 Å². The van der Waals surface area contributed by atoms with Gasteiger partial charge in [-0.05, 0) is 49.2 Å². The van der Waals surface area contributed by atoms with Crippen molar-refractivity contribution in [2.75, 3.05) is 13.2 Å². The maximum Gasteiger partial charge on any atom is 0.249 e. The van der Waals surface area contributed by atoms with Crippen LogP contribution in [0.25, 0.3) is 0 Å². The molecule has 232 valence electrons. The molecule has 0 radical (unpaired) electrons. The van der Waals surface area contributed by atoms with Crippen LogP contribution in [-0.4, -0.2) is 29.8 Å². The number of amides is 1. The highest BCUT2D eigenvalue weighted by atomic mass is 35.5. The average molecular weight is 619 g/mol. The second-order valence-corrected chi connectivity index (χ2v) is 9.76. The maximum absolute atomic E-state index is 12.6. The Bertz CT molecular complexity index is 1130. The first-order valence-corrected chi connectivity index (χ1v) is 15.2. The van der Waals surface area contributed by atoms with E-state index in [1.165, 1.54) is 17.5 Å². The van der Waals surface area contributed by atoms with Crippen LogP contribution in [0.4, 0.5) is 0 Å². The van der Waals surface area contributed by atoms with E-state index in [4.69, 9.17) is 39.6 Å². The van der Waals surface area contributed by atoms with Gasteiger partial charge in [0, 0.05) is 10.0 Å². The van der Waals surface area contributed by atoms with Gasteiger partial charge in [-0.2, -0.15) is 5.10 Å². The molecule has 4 rings (SSSR count). The molecule has 42 heavy (non-hydrogen) atoms. The van der Waals surface area contributed by atoms with Crippen molar-refractivity contribution in [1.29, 1.82) is 0 Å². The van der Waals surface area contributed by atoms with Crippen LogP contribution in [0.2, 0.25) is 10.0 Å². The summed E-state index contributed by atoms with van der Waals surface area (Å²) >= 11 is 12.0. The minimum atomic E-state index is -0.421. The van der Waals surface area contributed by atoms with Gasteiger partial charge in [0.25, 0.3) is 0 Å². The van der Waals surface area contributed by atoms with E-state index in [2.05, 4.69) is 62.5 Å². The van der Waals surface area contributed by atoms with E-state index in [-0.39, 0.29) is 24.9 Å². The molecule has 0 aromatic heterocycles. The van der Waals surface area contributed by atoms with Crippen molar-refractivity contribution in [2.24, 2.45) is 16.8 Å². The molecule has 0 spiro atoms. The molecule has 7 nitrogen and oxygen atoms in total. The summed E-state index contributed by atoms with van der Waals surface area (Å²) in [6, 6.07) is 22.6. The Morgan fingerprint density at radius 3 is 1.64 bits per heavy atom. The van der Waals surface area contributed by atoms with Gasteiger partial charge in [-0.1, -0.05) is 131 Å². The first-order chi connectivity index (χ1) is 20.2. The van der Waals surface area contributed by atoms with Crippen LogP contribution in [0.5, 0.6) is 0 Å². The zero-order chi connectivity index (χ0) is 32.1. The fourth-order valence-corrected chi connectivity index (χ4v) is 3.96. The molecule has 1 heterocycles. The minimum absolute atomic E-state index is 0.0696. The first-order valence-electron chi connectivity index (χ1n) is 14.4. The Labute approximate surface area is 263 Å². The van der Waals surface area contributed by atoms with E-state index in [9.17, 15) is 4.79 Å². The van der Waals surface area contributed by atoms with Crippen LogP contribution >= 0.6 is 23.2 Å². The molecule has 1 aliphatic heterocycles. The molecule has 9 heteroatoms. The summed E-state index contributed by atoms with van der Waals surface area (Å²) in [6.45, 7) is 16.5. The largest absolute Gasteiger partial charge is 0.361 e. The van der Waals surface area contributed by atoms with Crippen molar-refractivity contribution in [3.05, 3.63) is 105 Å². The van der Waals surface area contributed by atoms with E-state index in [1.54, 1.807) is 29.2 Å². The highest BCUT2D eigenvalue weighted by Crippen LogP contribution is 2.40. The number of nitrogens with one attached hydrogen (secondary N) is 1. The summed E-state index contributed by atoms with van der Waals surface area (Å²) in [5.74, 6) is 10.9. The Morgan fingerprint density at radius 2 is 1.26 bits per heavy atom. The molecule has 3 aromatic carbocycles. The molecule has 0 saturated carbocycles. The second-order valence-electron chi connectivity index (χ2n) is 8.88. The normalized spacial score (nSPS) is 15.7. The van der Waals surface area contributed by atoms with Crippen LogP contribution in [0.15, 0.2) is 77.9 Å². The third-order valence-corrected chi connectivity index (χ3v) is 6.10. The quantitative estimate of drug-likeness (QED) is 0.118. The van der Waals surface area contributed by atoms with Gasteiger partial charge in [-0.3, -0.25) is 4.79 Å². The molecule has 3 aromatic rings. The predicted molar refractivity (Wildman–Crippen MR) is 180 cm³/mol. The molecule has 1 saturated heterocycles. The lowest BCUT2D eigenvalue weighted by Gasteiger charge is -2.41. The number of carbonyl (C=O) groups is 1. The molecule has 1 amide bonds. The summed E-state index contributed by atoms with van der Waals surface area (Å²) in [5.41, 5.74) is 6.83. The summed E-state index contributed by atoms with van der Waals surface area (Å²) in [5, 5.41) is 4.82. The van der Waals surface area contributed by atoms with Gasteiger partial charge < -0.3 is 20.9 Å². The zero-order valence-corrected chi connectivity index (χ0v) is 27.8. The lowest BCUT2D eigenvalue weighted by Crippen LogP contribution is -2.50. The Morgan fingerprint density at radius 1 is 0.857 bits per heavy atom. The number of carbonyl (C=O) groups excluding carboxylic acids is 1. The lowest BCUT2D eigenvalue weighted by molar-refractivity contribution is -0.157. The van der Waals surface area contributed by atoms with Gasteiger partial charge in [0.1, 0.15) is 12.7 Å². The smallest absolute Gasteiger partial charge is 0.249 e. The van der Waals surface area contributed by atoms with Crippen LogP contribution in [0.1, 0.15) is 82.4 Å². The number of morpholine rings is 1. The minimum Gasteiger partial charge on any atom is -0.361 e. The Hall–Kier alpha value is -3.10. The van der Waals surface area contributed by atoms with E-state index in [1.807, 2.05) is 52.0 Å². The van der Waals surface area contributed by atoms with E-state index in [0.29, 0.717) is 10.0 Å².